The summed E-state index contributed by atoms with van der Waals surface area (Å²) in [5.41, 5.74) is 2.97. The van der Waals surface area contributed by atoms with Gasteiger partial charge in [0.2, 0.25) is 0 Å². The number of carbonyl (C=O) groups excluding carboxylic acids is 1. The van der Waals surface area contributed by atoms with Crippen molar-refractivity contribution in [1.29, 1.82) is 0 Å². The van der Waals surface area contributed by atoms with Crippen LogP contribution in [-0.4, -0.2) is 13.1 Å². The van der Waals surface area contributed by atoms with Crippen molar-refractivity contribution < 1.29 is 14.3 Å². The fraction of sp³-hybridized carbons (Fsp3) is 0.190. The van der Waals surface area contributed by atoms with Crippen LogP contribution in [0.5, 0.6) is 11.5 Å². The zero-order valence-electron chi connectivity index (χ0n) is 14.4. The number of hydrogen-bond donors (Lipinski definition) is 0. The van der Waals surface area contributed by atoms with E-state index < -0.39 is 0 Å². The Morgan fingerprint density at radius 2 is 1.72 bits per heavy atom. The second-order valence-electron chi connectivity index (χ2n) is 6.09. The molecule has 0 aliphatic carbocycles. The molecule has 0 amide bonds. The molecule has 128 valence electrons. The third kappa shape index (κ3) is 4.02. The lowest BCUT2D eigenvalue weighted by molar-refractivity contribution is -0.133. The number of carbonyl (C=O) groups is 1. The Morgan fingerprint density at radius 1 is 1.00 bits per heavy atom. The van der Waals surface area contributed by atoms with Gasteiger partial charge in [0.05, 0.1) is 13.5 Å². The van der Waals surface area contributed by atoms with Crippen molar-refractivity contribution in [2.75, 3.05) is 7.11 Å². The third-order valence-electron chi connectivity index (χ3n) is 4.02. The lowest BCUT2D eigenvalue weighted by Gasteiger charge is -2.13. The Balaban J connectivity index is 1.92. The van der Waals surface area contributed by atoms with Gasteiger partial charge in [-0.2, -0.15) is 0 Å². The van der Waals surface area contributed by atoms with Crippen LogP contribution in [0.2, 0.25) is 0 Å². The van der Waals surface area contributed by atoms with Gasteiger partial charge in [0.25, 0.3) is 0 Å². The van der Waals surface area contributed by atoms with Crippen LogP contribution in [0, 0.1) is 13.8 Å². The zero-order valence-corrected chi connectivity index (χ0v) is 16.0. The molecule has 0 aliphatic heterocycles. The molecular formula is C21H19BrO3. The van der Waals surface area contributed by atoms with Crippen LogP contribution in [0.3, 0.4) is 0 Å². The van der Waals surface area contributed by atoms with Gasteiger partial charge in [-0.1, -0.05) is 34.1 Å². The lowest BCUT2D eigenvalue weighted by Crippen LogP contribution is -2.12. The van der Waals surface area contributed by atoms with Crippen molar-refractivity contribution in [2.45, 2.75) is 20.3 Å². The van der Waals surface area contributed by atoms with Crippen molar-refractivity contribution in [1.82, 2.24) is 0 Å². The van der Waals surface area contributed by atoms with Crippen molar-refractivity contribution in [3.05, 3.63) is 69.7 Å². The molecule has 0 saturated heterocycles. The summed E-state index contributed by atoms with van der Waals surface area (Å²) in [6.45, 7) is 3.96. The molecule has 25 heavy (non-hydrogen) atoms. The molecule has 0 atom stereocenters. The number of methoxy groups -OCH3 is 1. The van der Waals surface area contributed by atoms with Crippen molar-refractivity contribution in [3.63, 3.8) is 0 Å². The fourth-order valence-electron chi connectivity index (χ4n) is 3.02. The average molecular weight is 399 g/mol. The summed E-state index contributed by atoms with van der Waals surface area (Å²) in [6.07, 6.45) is 0.148. The van der Waals surface area contributed by atoms with E-state index in [1.165, 1.54) is 0 Å². The minimum Gasteiger partial charge on any atom is -0.496 e. The molecule has 0 radical (unpaired) electrons. The van der Waals surface area contributed by atoms with Gasteiger partial charge < -0.3 is 9.47 Å². The fourth-order valence-corrected chi connectivity index (χ4v) is 3.40. The van der Waals surface area contributed by atoms with Crippen LogP contribution >= 0.6 is 15.9 Å². The number of aryl methyl sites for hydroxylation is 2. The smallest absolute Gasteiger partial charge is 0.315 e. The van der Waals surface area contributed by atoms with Crippen LogP contribution < -0.4 is 9.47 Å². The maximum atomic E-state index is 12.5. The SMILES string of the molecule is COc1ccc2cc(Br)ccc2c1CC(=O)Oc1cc(C)cc(C)c1. The van der Waals surface area contributed by atoms with Gasteiger partial charge in [-0.15, -0.1) is 0 Å². The topological polar surface area (TPSA) is 35.5 Å². The average Bonchev–Trinajstić information content (AvgIpc) is 2.53. The summed E-state index contributed by atoms with van der Waals surface area (Å²) >= 11 is 3.48. The van der Waals surface area contributed by atoms with Gasteiger partial charge in [0.1, 0.15) is 11.5 Å². The first kappa shape index (κ1) is 17.5. The maximum absolute atomic E-state index is 12.5. The highest BCUT2D eigenvalue weighted by molar-refractivity contribution is 9.10. The van der Waals surface area contributed by atoms with Crippen LogP contribution in [0.15, 0.2) is 53.0 Å². The minimum atomic E-state index is -0.307. The number of ether oxygens (including phenoxy) is 2. The van der Waals surface area contributed by atoms with Crippen LogP contribution in [0.1, 0.15) is 16.7 Å². The molecule has 3 aromatic rings. The first-order valence-corrected chi connectivity index (χ1v) is 8.79. The number of hydrogen-bond acceptors (Lipinski definition) is 3. The highest BCUT2D eigenvalue weighted by Crippen LogP contribution is 2.31. The largest absolute Gasteiger partial charge is 0.496 e. The highest BCUT2D eigenvalue weighted by Gasteiger charge is 2.15. The van der Waals surface area contributed by atoms with Crippen LogP contribution in [-0.2, 0) is 11.2 Å². The van der Waals surface area contributed by atoms with E-state index in [-0.39, 0.29) is 12.4 Å². The van der Waals surface area contributed by atoms with E-state index in [0.717, 1.165) is 31.9 Å². The van der Waals surface area contributed by atoms with Gasteiger partial charge in [0, 0.05) is 10.0 Å². The summed E-state index contributed by atoms with van der Waals surface area (Å²) < 4.78 is 12.0. The predicted octanol–water partition coefficient (Wildman–Crippen LogP) is 5.38. The van der Waals surface area contributed by atoms with Crippen LogP contribution in [0.4, 0.5) is 0 Å². The van der Waals surface area contributed by atoms with E-state index in [2.05, 4.69) is 15.9 Å². The van der Waals surface area contributed by atoms with Crippen molar-refractivity contribution in [3.8, 4) is 11.5 Å². The summed E-state index contributed by atoms with van der Waals surface area (Å²) in [5.74, 6) is 0.954. The molecule has 0 bridgehead atoms. The third-order valence-corrected chi connectivity index (χ3v) is 4.51. The summed E-state index contributed by atoms with van der Waals surface area (Å²) in [4.78, 5) is 12.5. The maximum Gasteiger partial charge on any atom is 0.315 e. The van der Waals surface area contributed by atoms with E-state index in [0.29, 0.717) is 11.5 Å². The van der Waals surface area contributed by atoms with Crippen molar-refractivity contribution in [2.24, 2.45) is 0 Å². The van der Waals surface area contributed by atoms with Gasteiger partial charge >= 0.3 is 5.97 Å². The van der Waals surface area contributed by atoms with E-state index >= 15 is 0 Å². The number of esters is 1. The summed E-state index contributed by atoms with van der Waals surface area (Å²) in [7, 11) is 1.61. The summed E-state index contributed by atoms with van der Waals surface area (Å²) in [5, 5.41) is 2.03. The Hall–Kier alpha value is -2.33. The Labute approximate surface area is 155 Å². The second-order valence-corrected chi connectivity index (χ2v) is 7.00. The number of halogens is 1. The van der Waals surface area contributed by atoms with Gasteiger partial charge in [-0.3, -0.25) is 4.79 Å². The summed E-state index contributed by atoms with van der Waals surface area (Å²) in [6, 6.07) is 15.6. The highest BCUT2D eigenvalue weighted by atomic mass is 79.9. The number of fused-ring (bicyclic) bond motifs is 1. The molecule has 0 aliphatic rings. The molecule has 3 rings (SSSR count). The molecular weight excluding hydrogens is 380 g/mol. The van der Waals surface area contributed by atoms with Crippen molar-refractivity contribution >= 4 is 32.7 Å². The predicted molar refractivity (Wildman–Crippen MR) is 103 cm³/mol. The molecule has 0 N–H and O–H groups in total. The Kier molecular flexibility index (Phi) is 5.09. The minimum absolute atomic E-state index is 0.148. The lowest BCUT2D eigenvalue weighted by atomic mass is 10.0. The van der Waals surface area contributed by atoms with Gasteiger partial charge in [-0.25, -0.2) is 0 Å². The molecule has 0 spiro atoms. The normalized spacial score (nSPS) is 10.7. The van der Waals surface area contributed by atoms with Crippen LogP contribution in [0.25, 0.3) is 10.8 Å². The molecule has 3 nitrogen and oxygen atoms in total. The zero-order chi connectivity index (χ0) is 18.0. The Bertz CT molecular complexity index is 927. The first-order valence-electron chi connectivity index (χ1n) is 8.00. The van der Waals surface area contributed by atoms with E-state index in [1.807, 2.05) is 62.4 Å². The van der Waals surface area contributed by atoms with E-state index in [1.54, 1.807) is 7.11 Å². The number of rotatable bonds is 4. The Morgan fingerprint density at radius 3 is 2.40 bits per heavy atom. The molecule has 0 aromatic heterocycles. The first-order chi connectivity index (χ1) is 12.0. The van der Waals surface area contributed by atoms with E-state index in [9.17, 15) is 4.79 Å². The molecule has 3 aromatic carbocycles. The van der Waals surface area contributed by atoms with E-state index in [4.69, 9.17) is 9.47 Å². The molecule has 0 saturated carbocycles. The quantitative estimate of drug-likeness (QED) is 0.437. The van der Waals surface area contributed by atoms with Gasteiger partial charge in [-0.05, 0) is 66.1 Å². The molecule has 0 unspecified atom stereocenters. The monoisotopic (exact) mass is 398 g/mol. The number of benzene rings is 3. The molecule has 0 fully saturated rings. The molecule has 4 heteroatoms. The second kappa shape index (κ2) is 7.28. The molecule has 0 heterocycles. The standard InChI is InChI=1S/C21H19BrO3/c1-13-8-14(2)10-17(9-13)25-21(23)12-19-18-6-5-16(22)11-15(18)4-7-20(19)24-3/h4-11H,12H2,1-3H3. The van der Waals surface area contributed by atoms with Gasteiger partial charge in [0.15, 0.2) is 0 Å².